The van der Waals surface area contributed by atoms with Crippen molar-refractivity contribution in [3.8, 4) is 5.75 Å². The molecule has 4 heteroatoms. The standard InChI is InChI=1S/C15H14Br2O2/c1-15(17)6-10-11(7-15)14(19)13(16)12(10)8-2-4-9(18)5-3-8/h2-5,10-11,18H,6-7H2,1H3/t10-,11+,15+/m0/s1. The van der Waals surface area contributed by atoms with Crippen LogP contribution in [0.1, 0.15) is 25.3 Å². The van der Waals surface area contributed by atoms with Gasteiger partial charge in [0.05, 0.1) is 4.48 Å². The monoisotopic (exact) mass is 384 g/mol. The second-order valence-electron chi connectivity index (χ2n) is 5.67. The van der Waals surface area contributed by atoms with Gasteiger partial charge in [-0.05, 0) is 64.9 Å². The van der Waals surface area contributed by atoms with Crippen LogP contribution in [-0.2, 0) is 4.79 Å². The van der Waals surface area contributed by atoms with Gasteiger partial charge in [-0.15, -0.1) is 0 Å². The smallest absolute Gasteiger partial charge is 0.173 e. The summed E-state index contributed by atoms with van der Waals surface area (Å²) in [5, 5.41) is 9.39. The zero-order valence-corrected chi connectivity index (χ0v) is 13.7. The van der Waals surface area contributed by atoms with Crippen LogP contribution in [-0.4, -0.2) is 15.2 Å². The summed E-state index contributed by atoms with van der Waals surface area (Å²) < 4.78 is 0.768. The summed E-state index contributed by atoms with van der Waals surface area (Å²) in [5.74, 6) is 0.827. The van der Waals surface area contributed by atoms with Crippen molar-refractivity contribution in [2.24, 2.45) is 11.8 Å². The molecule has 1 aromatic carbocycles. The largest absolute Gasteiger partial charge is 0.508 e. The number of hydrogen-bond acceptors (Lipinski definition) is 2. The van der Waals surface area contributed by atoms with E-state index in [-0.39, 0.29) is 27.7 Å². The Morgan fingerprint density at radius 3 is 2.42 bits per heavy atom. The van der Waals surface area contributed by atoms with Gasteiger partial charge in [0.25, 0.3) is 0 Å². The van der Waals surface area contributed by atoms with Crippen LogP contribution in [0.25, 0.3) is 5.57 Å². The number of benzene rings is 1. The number of Topliss-reactive ketones (excluding diaryl/α,β-unsaturated/α-hetero) is 1. The van der Waals surface area contributed by atoms with Crippen molar-refractivity contribution in [3.05, 3.63) is 34.3 Å². The van der Waals surface area contributed by atoms with E-state index in [4.69, 9.17) is 0 Å². The van der Waals surface area contributed by atoms with Crippen LogP contribution in [0.15, 0.2) is 28.7 Å². The predicted molar refractivity (Wildman–Crippen MR) is 82.5 cm³/mol. The number of halogens is 2. The van der Waals surface area contributed by atoms with Crippen molar-refractivity contribution >= 4 is 43.2 Å². The molecule has 0 bridgehead atoms. The Labute approximate surface area is 129 Å². The number of carbonyl (C=O) groups excluding carboxylic acids is 1. The van der Waals surface area contributed by atoms with E-state index in [2.05, 4.69) is 38.8 Å². The first-order chi connectivity index (χ1) is 8.89. The fourth-order valence-corrected chi connectivity index (χ4v) is 4.82. The molecule has 0 amide bonds. The van der Waals surface area contributed by atoms with E-state index in [1.54, 1.807) is 12.1 Å². The molecule has 0 radical (unpaired) electrons. The maximum atomic E-state index is 12.4. The number of rotatable bonds is 1. The third kappa shape index (κ3) is 2.19. The molecule has 2 aliphatic carbocycles. The third-order valence-corrected chi connectivity index (χ3v) is 5.58. The molecule has 100 valence electrons. The average Bonchev–Trinajstić information content (AvgIpc) is 2.76. The molecule has 0 heterocycles. The number of ketones is 1. The van der Waals surface area contributed by atoms with Crippen molar-refractivity contribution in [1.29, 1.82) is 0 Å². The molecule has 3 atom stereocenters. The Hall–Kier alpha value is -0.610. The topological polar surface area (TPSA) is 37.3 Å². The molecular formula is C15H14Br2O2. The molecule has 2 nitrogen and oxygen atoms in total. The third-order valence-electron chi connectivity index (χ3n) is 4.12. The minimum atomic E-state index is 0.0495. The Balaban J connectivity index is 2.05. The van der Waals surface area contributed by atoms with E-state index in [0.29, 0.717) is 0 Å². The summed E-state index contributed by atoms with van der Waals surface area (Å²) in [5.41, 5.74) is 2.12. The molecule has 1 saturated carbocycles. The van der Waals surface area contributed by atoms with E-state index in [0.717, 1.165) is 28.5 Å². The highest BCUT2D eigenvalue weighted by molar-refractivity contribution is 9.12. The highest BCUT2D eigenvalue weighted by Gasteiger charge is 2.51. The second-order valence-corrected chi connectivity index (χ2v) is 8.38. The predicted octanol–water partition coefficient (Wildman–Crippen LogP) is 4.26. The Morgan fingerprint density at radius 1 is 1.21 bits per heavy atom. The minimum Gasteiger partial charge on any atom is -0.508 e. The lowest BCUT2D eigenvalue weighted by Crippen LogP contribution is -2.14. The molecule has 2 aliphatic rings. The Morgan fingerprint density at radius 2 is 1.79 bits per heavy atom. The van der Waals surface area contributed by atoms with Crippen LogP contribution in [0.2, 0.25) is 0 Å². The summed E-state index contributed by atoms with van der Waals surface area (Å²) >= 11 is 7.20. The molecule has 1 N–H and O–H groups in total. The van der Waals surface area contributed by atoms with Crippen LogP contribution >= 0.6 is 31.9 Å². The van der Waals surface area contributed by atoms with Crippen LogP contribution in [0.5, 0.6) is 5.75 Å². The van der Waals surface area contributed by atoms with Gasteiger partial charge in [0, 0.05) is 10.2 Å². The molecule has 0 aromatic heterocycles. The molecule has 3 rings (SSSR count). The fourth-order valence-electron chi connectivity index (χ4n) is 3.30. The van der Waals surface area contributed by atoms with Crippen LogP contribution in [0.4, 0.5) is 0 Å². The highest BCUT2D eigenvalue weighted by Crippen LogP contribution is 2.56. The summed E-state index contributed by atoms with van der Waals surface area (Å²) in [6.45, 7) is 2.15. The molecule has 1 aromatic rings. The first-order valence-electron chi connectivity index (χ1n) is 6.31. The summed E-state index contributed by atoms with van der Waals surface area (Å²) in [4.78, 5) is 12.4. The van der Waals surface area contributed by atoms with Crippen LogP contribution in [0.3, 0.4) is 0 Å². The van der Waals surface area contributed by atoms with Gasteiger partial charge in [-0.2, -0.15) is 0 Å². The van der Waals surface area contributed by atoms with Gasteiger partial charge in [0.15, 0.2) is 5.78 Å². The zero-order valence-electron chi connectivity index (χ0n) is 10.5. The zero-order chi connectivity index (χ0) is 13.8. The number of allylic oxidation sites excluding steroid dienone is 2. The minimum absolute atomic E-state index is 0.0495. The highest BCUT2D eigenvalue weighted by atomic mass is 79.9. The van der Waals surface area contributed by atoms with E-state index >= 15 is 0 Å². The SMILES string of the molecule is C[C@@]1(Br)C[C@@H]2C(c3ccc(O)cc3)=C(Br)C(=O)[C@@H]2C1. The lowest BCUT2D eigenvalue weighted by Gasteiger charge is -2.17. The molecule has 1 fully saturated rings. The molecule has 0 unspecified atom stereocenters. The van der Waals surface area contributed by atoms with Gasteiger partial charge in [-0.1, -0.05) is 28.1 Å². The van der Waals surface area contributed by atoms with E-state index in [1.165, 1.54) is 0 Å². The van der Waals surface area contributed by atoms with Crippen LogP contribution < -0.4 is 0 Å². The molecule has 0 spiro atoms. The number of phenols is 1. The number of carbonyl (C=O) groups is 1. The first kappa shape index (κ1) is 13.4. The number of alkyl halides is 1. The van der Waals surface area contributed by atoms with Gasteiger partial charge in [0.1, 0.15) is 5.75 Å². The average molecular weight is 386 g/mol. The van der Waals surface area contributed by atoms with Gasteiger partial charge in [-0.25, -0.2) is 0 Å². The normalized spacial score (nSPS) is 33.9. The number of fused-ring (bicyclic) bond motifs is 1. The Bertz CT molecular complexity index is 572. The van der Waals surface area contributed by atoms with Crippen molar-refractivity contribution in [3.63, 3.8) is 0 Å². The molecular weight excluding hydrogens is 372 g/mol. The first-order valence-corrected chi connectivity index (χ1v) is 7.90. The van der Waals surface area contributed by atoms with E-state index < -0.39 is 0 Å². The summed E-state index contributed by atoms with van der Waals surface area (Å²) in [6.07, 6.45) is 1.85. The lowest BCUT2D eigenvalue weighted by atomic mass is 9.90. The maximum absolute atomic E-state index is 12.4. The van der Waals surface area contributed by atoms with Crippen molar-refractivity contribution in [1.82, 2.24) is 0 Å². The van der Waals surface area contributed by atoms with Crippen molar-refractivity contribution in [2.75, 3.05) is 0 Å². The maximum Gasteiger partial charge on any atom is 0.173 e. The fraction of sp³-hybridized carbons (Fsp3) is 0.400. The molecule has 19 heavy (non-hydrogen) atoms. The van der Waals surface area contributed by atoms with Crippen LogP contribution in [0, 0.1) is 11.8 Å². The van der Waals surface area contributed by atoms with Crippen molar-refractivity contribution < 1.29 is 9.90 Å². The van der Waals surface area contributed by atoms with Crippen molar-refractivity contribution in [2.45, 2.75) is 24.1 Å². The summed E-state index contributed by atoms with van der Waals surface area (Å²) in [7, 11) is 0. The Kier molecular flexibility index (Phi) is 3.13. The summed E-state index contributed by atoms with van der Waals surface area (Å²) in [6, 6.07) is 7.10. The second kappa shape index (κ2) is 4.45. The van der Waals surface area contributed by atoms with Gasteiger partial charge in [0.2, 0.25) is 0 Å². The molecule has 0 saturated heterocycles. The van der Waals surface area contributed by atoms with Gasteiger partial charge < -0.3 is 5.11 Å². The molecule has 0 aliphatic heterocycles. The number of hydrogen-bond donors (Lipinski definition) is 1. The van der Waals surface area contributed by atoms with Gasteiger partial charge in [-0.3, -0.25) is 4.79 Å². The number of phenolic OH excluding ortho intramolecular Hbond substituents is 1. The van der Waals surface area contributed by atoms with E-state index in [9.17, 15) is 9.90 Å². The van der Waals surface area contributed by atoms with E-state index in [1.807, 2.05) is 12.1 Å². The number of aromatic hydroxyl groups is 1. The lowest BCUT2D eigenvalue weighted by molar-refractivity contribution is -0.118. The quantitative estimate of drug-likeness (QED) is 0.733. The van der Waals surface area contributed by atoms with Gasteiger partial charge >= 0.3 is 0 Å².